The topological polar surface area (TPSA) is 35.9 Å². The second-order valence-corrected chi connectivity index (χ2v) is 13.1. The predicted octanol–water partition coefficient (Wildman–Crippen LogP) is 12.5. The highest BCUT2D eigenvalue weighted by Crippen LogP contribution is 2.42. The summed E-state index contributed by atoms with van der Waals surface area (Å²) >= 11 is 0. The van der Waals surface area contributed by atoms with Gasteiger partial charge in [-0.05, 0) is 60.2 Å². The molecule has 4 nitrogen and oxygen atoms in total. The molecular weight excluding hydrogens is 623 g/mol. The Hall–Kier alpha value is -6.91. The van der Waals surface area contributed by atoms with Crippen molar-refractivity contribution in [1.29, 1.82) is 0 Å². The quantitative estimate of drug-likeness (QED) is 0.190. The molecule has 4 aromatic heterocycles. The average Bonchev–Trinajstić information content (AvgIpc) is 3.85. The molecule has 238 valence electrons. The van der Waals surface area contributed by atoms with E-state index >= 15 is 0 Å². The largest absolute Gasteiger partial charge is 0.454 e. The molecule has 0 bridgehead atoms. The highest BCUT2D eigenvalue weighted by atomic mass is 16.3. The van der Waals surface area contributed by atoms with E-state index in [0.29, 0.717) is 0 Å². The molecule has 4 heterocycles. The molecule has 11 rings (SSSR count). The number of rotatable bonds is 4. The lowest BCUT2D eigenvalue weighted by Gasteiger charge is -2.17. The number of fused-ring (bicyclic) bond motifs is 9. The molecule has 0 spiro atoms. The van der Waals surface area contributed by atoms with E-state index < -0.39 is 0 Å². The first-order chi connectivity index (χ1) is 25.3. The zero-order valence-electron chi connectivity index (χ0n) is 27.5. The van der Waals surface area contributed by atoms with Gasteiger partial charge in [-0.1, -0.05) is 115 Å². The first-order valence-electron chi connectivity index (χ1n) is 17.3. The Kier molecular flexibility index (Phi) is 5.92. The molecule has 11 aromatic rings. The monoisotopic (exact) mass is 651 g/mol. The van der Waals surface area contributed by atoms with Gasteiger partial charge in [0.15, 0.2) is 5.58 Å². The SMILES string of the molecule is c1ccc(-c2nccc3c2oc2ccccc23)c(-c2ccccc2-n2c3ccccc3c3cc(-n4c5ccccc5c5ccccc54)ccc32)c1. The minimum atomic E-state index is 0.804. The van der Waals surface area contributed by atoms with Crippen LogP contribution in [0.3, 0.4) is 0 Å². The Morgan fingerprint density at radius 1 is 0.392 bits per heavy atom. The van der Waals surface area contributed by atoms with Crippen molar-refractivity contribution in [2.75, 3.05) is 0 Å². The van der Waals surface area contributed by atoms with Crippen LogP contribution in [0.2, 0.25) is 0 Å². The molecule has 0 aliphatic carbocycles. The molecule has 0 aliphatic rings. The Bertz CT molecular complexity index is 3100. The van der Waals surface area contributed by atoms with E-state index in [9.17, 15) is 0 Å². The molecule has 0 saturated carbocycles. The van der Waals surface area contributed by atoms with Crippen molar-refractivity contribution >= 4 is 65.6 Å². The summed E-state index contributed by atoms with van der Waals surface area (Å²) < 4.78 is 11.3. The zero-order valence-corrected chi connectivity index (χ0v) is 27.5. The van der Waals surface area contributed by atoms with E-state index in [1.54, 1.807) is 0 Å². The molecule has 0 atom stereocenters. The summed E-state index contributed by atoms with van der Waals surface area (Å²) in [5, 5.41) is 7.11. The highest BCUT2D eigenvalue weighted by molar-refractivity contribution is 6.13. The maximum Gasteiger partial charge on any atom is 0.161 e. The van der Waals surface area contributed by atoms with Crippen LogP contribution < -0.4 is 0 Å². The van der Waals surface area contributed by atoms with Gasteiger partial charge in [-0.25, -0.2) is 0 Å². The van der Waals surface area contributed by atoms with E-state index in [0.717, 1.165) is 66.7 Å². The fourth-order valence-electron chi connectivity index (χ4n) is 8.22. The van der Waals surface area contributed by atoms with Gasteiger partial charge in [-0.15, -0.1) is 0 Å². The van der Waals surface area contributed by atoms with Crippen molar-refractivity contribution in [2.24, 2.45) is 0 Å². The molecule has 0 N–H and O–H groups in total. The lowest BCUT2D eigenvalue weighted by Crippen LogP contribution is -1.99. The summed E-state index contributed by atoms with van der Waals surface area (Å²) in [5.41, 5.74) is 12.7. The predicted molar refractivity (Wildman–Crippen MR) is 211 cm³/mol. The standard InChI is InChI=1S/C47H29N3O/c1-2-19-37(46-47-38(27-28-48-46)36-18-7-12-24-45(36)51-47)31(13-1)32-14-3-10-22-42(32)50-43-23-11-6-17-35(43)39-29-30(25-26-44(39)50)49-40-20-8-4-15-33(40)34-16-5-9-21-41(34)49/h1-29H. The van der Waals surface area contributed by atoms with Gasteiger partial charge in [0.05, 0.1) is 27.8 Å². The number of aromatic nitrogens is 3. The van der Waals surface area contributed by atoms with E-state index in [1.807, 2.05) is 24.4 Å². The van der Waals surface area contributed by atoms with Crippen LogP contribution in [0.4, 0.5) is 0 Å². The van der Waals surface area contributed by atoms with E-state index in [-0.39, 0.29) is 0 Å². The molecule has 7 aromatic carbocycles. The van der Waals surface area contributed by atoms with Crippen LogP contribution in [0.1, 0.15) is 0 Å². The number of nitrogens with zero attached hydrogens (tertiary/aromatic N) is 3. The van der Waals surface area contributed by atoms with Crippen LogP contribution in [0.5, 0.6) is 0 Å². The summed E-state index contributed by atoms with van der Waals surface area (Å²) in [5.74, 6) is 0. The molecule has 0 amide bonds. The minimum absolute atomic E-state index is 0.804. The number of para-hydroxylation sites is 5. The maximum atomic E-state index is 6.47. The van der Waals surface area contributed by atoms with Gasteiger partial charge in [0.2, 0.25) is 0 Å². The van der Waals surface area contributed by atoms with E-state index in [2.05, 4.69) is 161 Å². The first kappa shape index (κ1) is 28.0. The van der Waals surface area contributed by atoms with Gasteiger partial charge in [0.25, 0.3) is 0 Å². The number of hydrogen-bond donors (Lipinski definition) is 0. The Morgan fingerprint density at radius 3 is 1.69 bits per heavy atom. The summed E-state index contributed by atoms with van der Waals surface area (Å²) in [4.78, 5) is 4.93. The van der Waals surface area contributed by atoms with Crippen molar-refractivity contribution in [1.82, 2.24) is 14.1 Å². The lowest BCUT2D eigenvalue weighted by molar-refractivity contribution is 0.668. The third-order valence-corrected chi connectivity index (χ3v) is 10.4. The number of pyridine rings is 1. The smallest absolute Gasteiger partial charge is 0.161 e. The van der Waals surface area contributed by atoms with Crippen molar-refractivity contribution < 1.29 is 4.42 Å². The average molecular weight is 652 g/mol. The van der Waals surface area contributed by atoms with Gasteiger partial charge >= 0.3 is 0 Å². The lowest BCUT2D eigenvalue weighted by atomic mass is 9.95. The third kappa shape index (κ3) is 4.05. The molecule has 4 heteroatoms. The van der Waals surface area contributed by atoms with Crippen LogP contribution >= 0.6 is 0 Å². The normalized spacial score (nSPS) is 11.9. The molecule has 51 heavy (non-hydrogen) atoms. The fraction of sp³-hybridized carbons (Fsp3) is 0. The Morgan fingerprint density at radius 2 is 0.941 bits per heavy atom. The van der Waals surface area contributed by atoms with Crippen LogP contribution in [0.25, 0.3) is 99.3 Å². The highest BCUT2D eigenvalue weighted by Gasteiger charge is 2.21. The summed E-state index contributed by atoms with van der Waals surface area (Å²) in [6.07, 6.45) is 1.89. The van der Waals surface area contributed by atoms with Gasteiger partial charge in [-0.3, -0.25) is 4.98 Å². The van der Waals surface area contributed by atoms with E-state index in [4.69, 9.17) is 9.40 Å². The second-order valence-electron chi connectivity index (χ2n) is 13.1. The van der Waals surface area contributed by atoms with Crippen LogP contribution in [-0.4, -0.2) is 14.1 Å². The van der Waals surface area contributed by atoms with Gasteiger partial charge in [0.1, 0.15) is 11.3 Å². The van der Waals surface area contributed by atoms with Crippen LogP contribution in [0.15, 0.2) is 180 Å². The van der Waals surface area contributed by atoms with Crippen LogP contribution in [0, 0.1) is 0 Å². The van der Waals surface area contributed by atoms with Crippen LogP contribution in [-0.2, 0) is 0 Å². The minimum Gasteiger partial charge on any atom is -0.454 e. The Balaban J connectivity index is 1.15. The third-order valence-electron chi connectivity index (χ3n) is 10.4. The fourth-order valence-corrected chi connectivity index (χ4v) is 8.22. The van der Waals surface area contributed by atoms with Gasteiger partial charge < -0.3 is 13.6 Å². The van der Waals surface area contributed by atoms with Crippen molar-refractivity contribution in [3.8, 4) is 33.8 Å². The van der Waals surface area contributed by atoms with Crippen molar-refractivity contribution in [3.05, 3.63) is 176 Å². The molecule has 0 fully saturated rings. The maximum absolute atomic E-state index is 6.47. The first-order valence-corrected chi connectivity index (χ1v) is 17.3. The summed E-state index contributed by atoms with van der Waals surface area (Å²) in [7, 11) is 0. The summed E-state index contributed by atoms with van der Waals surface area (Å²) in [6, 6.07) is 60.5. The number of furan rings is 1. The second kappa shape index (κ2) is 10.8. The number of hydrogen-bond acceptors (Lipinski definition) is 2. The molecule has 0 aliphatic heterocycles. The molecular formula is C47H29N3O. The zero-order chi connectivity index (χ0) is 33.5. The molecule has 0 radical (unpaired) electrons. The van der Waals surface area contributed by atoms with Gasteiger partial charge in [0, 0.05) is 55.3 Å². The van der Waals surface area contributed by atoms with Gasteiger partial charge in [-0.2, -0.15) is 0 Å². The molecule has 0 saturated heterocycles. The Labute approximate surface area is 293 Å². The van der Waals surface area contributed by atoms with Crippen molar-refractivity contribution in [3.63, 3.8) is 0 Å². The van der Waals surface area contributed by atoms with E-state index in [1.165, 1.54) is 32.6 Å². The summed E-state index contributed by atoms with van der Waals surface area (Å²) in [6.45, 7) is 0. The van der Waals surface area contributed by atoms with Crippen molar-refractivity contribution in [2.45, 2.75) is 0 Å². The molecule has 0 unspecified atom stereocenters. The number of benzene rings is 7.